The van der Waals surface area contributed by atoms with E-state index in [-0.39, 0.29) is 1.43 Å². The van der Waals surface area contributed by atoms with Gasteiger partial charge in [0.25, 0.3) is 0 Å². The van der Waals surface area contributed by atoms with Crippen molar-refractivity contribution in [2.24, 2.45) is 0 Å². The largest absolute Gasteiger partial charge is 1.00 e. The van der Waals surface area contributed by atoms with Crippen molar-refractivity contribution in [2.75, 3.05) is 0 Å². The predicted molar refractivity (Wildman–Crippen MR) is 57.5 cm³/mol. The molecule has 0 unspecified atom stereocenters. The Hall–Kier alpha value is -0.840. The first-order chi connectivity index (χ1) is 7.38. The topological polar surface area (TPSA) is 12.9 Å². The normalized spacial score (nSPS) is 15.2. The third kappa shape index (κ3) is 21.1. The van der Waals surface area contributed by atoms with Gasteiger partial charge in [0.2, 0.25) is 0 Å². The average molecular weight is 281 g/mol. The molecule has 8 heteroatoms. The summed E-state index contributed by atoms with van der Waals surface area (Å²) in [6.45, 7) is 2.20. The summed E-state index contributed by atoms with van der Waals surface area (Å²) in [5.74, 6) is 0. The van der Waals surface area contributed by atoms with Crippen LogP contribution in [-0.2, 0) is 6.42 Å². The summed E-state index contributed by atoms with van der Waals surface area (Å²) in [5.41, 5.74) is 1.21. The maximum absolute atomic E-state index is 10.7. The Balaban J connectivity index is 0. The van der Waals surface area contributed by atoms with Crippen LogP contribution in [0.2, 0.25) is 0 Å². The first kappa shape index (κ1) is 16.2. The zero-order valence-corrected chi connectivity index (χ0v) is 9.99. The van der Waals surface area contributed by atoms with E-state index in [0.29, 0.717) is 0 Å². The Morgan fingerprint density at radius 2 is 1.65 bits per heavy atom. The van der Waals surface area contributed by atoms with E-state index in [0.717, 1.165) is 6.42 Å². The minimum Gasteiger partial charge on any atom is 1.00 e. The molecular formula is C9H14F6NP. The van der Waals surface area contributed by atoms with E-state index in [2.05, 4.69) is 18.0 Å². The molecule has 102 valence electrons. The van der Waals surface area contributed by atoms with Crippen LogP contribution in [0.1, 0.15) is 26.9 Å². The maximum atomic E-state index is 9.87. The second-order valence-electron chi connectivity index (χ2n) is 3.38. The van der Waals surface area contributed by atoms with Gasteiger partial charge in [-0.05, 0) is 25.0 Å². The standard InChI is InChI=1S/C9H13N.F6P/c1-2-3-6-9-7-4-5-8-10-9;1-7(2,3,4,5)6/h4-5,7-8H,2-3,6H2,1H3;/q;-1/p+1. The fourth-order valence-electron chi connectivity index (χ4n) is 0.904. The molecule has 0 saturated heterocycles. The summed E-state index contributed by atoms with van der Waals surface area (Å²) < 4.78 is 59.2. The van der Waals surface area contributed by atoms with E-state index in [1.54, 1.807) is 0 Å². The quantitative estimate of drug-likeness (QED) is 0.495. The van der Waals surface area contributed by atoms with Gasteiger partial charge in [0.15, 0.2) is 0 Å². The molecule has 0 N–H and O–H groups in total. The summed E-state index contributed by atoms with van der Waals surface area (Å²) >= 11 is 0. The minimum absolute atomic E-state index is 0. The molecule has 0 saturated carbocycles. The molecule has 1 rings (SSSR count). The van der Waals surface area contributed by atoms with Crippen molar-refractivity contribution >= 4 is 7.81 Å². The smallest absolute Gasteiger partial charge is 1.00 e. The Labute approximate surface area is 96.6 Å². The van der Waals surface area contributed by atoms with Gasteiger partial charge in [-0.2, -0.15) is 0 Å². The van der Waals surface area contributed by atoms with Crippen molar-refractivity contribution < 1.29 is 26.6 Å². The Morgan fingerprint density at radius 3 is 2.00 bits per heavy atom. The van der Waals surface area contributed by atoms with Gasteiger partial charge in [-0.3, -0.25) is 4.98 Å². The molecule has 0 spiro atoms. The van der Waals surface area contributed by atoms with Crippen LogP contribution in [0.4, 0.5) is 25.2 Å². The van der Waals surface area contributed by atoms with Crippen LogP contribution in [0.15, 0.2) is 24.4 Å². The zero-order chi connectivity index (χ0) is 13.6. The number of pyridine rings is 1. The van der Waals surface area contributed by atoms with Gasteiger partial charge >= 0.3 is 34.4 Å². The minimum atomic E-state index is -10.7. The molecule has 0 aliphatic rings. The third-order valence-electron chi connectivity index (χ3n) is 1.51. The summed E-state index contributed by atoms with van der Waals surface area (Å²) in [5, 5.41) is 0. The third-order valence-corrected chi connectivity index (χ3v) is 1.51. The molecular weight excluding hydrogens is 267 g/mol. The van der Waals surface area contributed by atoms with Gasteiger partial charge in [0.05, 0.1) is 0 Å². The molecule has 1 aromatic rings. The fourth-order valence-corrected chi connectivity index (χ4v) is 0.904. The second-order valence-corrected chi connectivity index (χ2v) is 5.30. The number of hydrogen-bond acceptors (Lipinski definition) is 1. The van der Waals surface area contributed by atoms with E-state index in [4.69, 9.17) is 0 Å². The summed E-state index contributed by atoms with van der Waals surface area (Å²) in [6.07, 6.45) is 5.47. The van der Waals surface area contributed by atoms with Crippen LogP contribution in [0.5, 0.6) is 0 Å². The number of unbranched alkanes of at least 4 members (excludes halogenated alkanes) is 1. The van der Waals surface area contributed by atoms with Gasteiger partial charge in [-0.25, -0.2) is 0 Å². The molecule has 0 amide bonds. The van der Waals surface area contributed by atoms with Crippen molar-refractivity contribution in [1.29, 1.82) is 0 Å². The SMILES string of the molecule is CCCCc1ccccn1.F[P-](F)(F)(F)(F)F.[H+]. The van der Waals surface area contributed by atoms with Crippen LogP contribution in [0.3, 0.4) is 0 Å². The molecule has 1 aromatic heterocycles. The molecule has 0 aliphatic carbocycles. The van der Waals surface area contributed by atoms with Crippen LogP contribution in [0, 0.1) is 0 Å². The van der Waals surface area contributed by atoms with Crippen molar-refractivity contribution in [2.45, 2.75) is 26.2 Å². The number of hydrogen-bond donors (Lipinski definition) is 0. The fraction of sp³-hybridized carbons (Fsp3) is 0.444. The van der Waals surface area contributed by atoms with Gasteiger partial charge in [0, 0.05) is 11.9 Å². The predicted octanol–water partition coefficient (Wildman–Crippen LogP) is 5.92. The van der Waals surface area contributed by atoms with E-state index in [9.17, 15) is 25.2 Å². The molecule has 17 heavy (non-hydrogen) atoms. The molecule has 1 nitrogen and oxygen atoms in total. The maximum Gasteiger partial charge on any atom is 1.00 e. The first-order valence-corrected chi connectivity index (χ1v) is 6.87. The van der Waals surface area contributed by atoms with Crippen molar-refractivity contribution in [3.8, 4) is 0 Å². The Morgan fingerprint density at radius 1 is 1.12 bits per heavy atom. The van der Waals surface area contributed by atoms with E-state index >= 15 is 0 Å². The van der Waals surface area contributed by atoms with Crippen molar-refractivity contribution in [3.05, 3.63) is 30.1 Å². The van der Waals surface area contributed by atoms with Crippen molar-refractivity contribution in [1.82, 2.24) is 4.98 Å². The van der Waals surface area contributed by atoms with Gasteiger partial charge < -0.3 is 0 Å². The number of aromatic nitrogens is 1. The monoisotopic (exact) mass is 281 g/mol. The molecule has 0 fully saturated rings. The van der Waals surface area contributed by atoms with Crippen LogP contribution >= 0.6 is 7.81 Å². The molecule has 0 aromatic carbocycles. The first-order valence-electron chi connectivity index (χ1n) is 4.85. The van der Waals surface area contributed by atoms with E-state index in [1.807, 2.05) is 18.3 Å². The number of aryl methyl sites for hydroxylation is 1. The summed E-state index contributed by atoms with van der Waals surface area (Å²) in [6, 6.07) is 6.07. The Bertz CT molecular complexity index is 326. The van der Waals surface area contributed by atoms with Gasteiger partial charge in [-0.15, -0.1) is 0 Å². The molecule has 0 atom stereocenters. The number of rotatable bonds is 3. The van der Waals surface area contributed by atoms with Gasteiger partial charge in [-0.1, -0.05) is 19.4 Å². The van der Waals surface area contributed by atoms with E-state index < -0.39 is 7.81 Å². The average Bonchev–Trinajstić information content (AvgIpc) is 2.11. The summed E-state index contributed by atoms with van der Waals surface area (Å²) in [7, 11) is -10.7. The molecule has 0 aliphatic heterocycles. The van der Waals surface area contributed by atoms with Gasteiger partial charge in [0.1, 0.15) is 0 Å². The number of nitrogens with zero attached hydrogens (tertiary/aromatic N) is 1. The molecule has 0 radical (unpaired) electrons. The summed E-state index contributed by atoms with van der Waals surface area (Å²) in [4.78, 5) is 4.22. The van der Waals surface area contributed by atoms with E-state index in [1.165, 1.54) is 18.5 Å². The van der Waals surface area contributed by atoms with Crippen LogP contribution in [-0.4, -0.2) is 4.98 Å². The second kappa shape index (κ2) is 4.80. The molecule has 1 heterocycles. The van der Waals surface area contributed by atoms with Crippen molar-refractivity contribution in [3.63, 3.8) is 0 Å². The molecule has 0 bridgehead atoms. The van der Waals surface area contributed by atoms with Crippen LogP contribution < -0.4 is 0 Å². The Kier molecular flexibility index (Phi) is 4.56. The zero-order valence-electron chi connectivity index (χ0n) is 10.1. The number of halogens is 6. The van der Waals surface area contributed by atoms with Crippen LogP contribution in [0.25, 0.3) is 0 Å².